The Labute approximate surface area is 67.2 Å². The molecular weight excluding hydrogens is 326 g/mol. The van der Waals surface area contributed by atoms with Crippen LogP contribution in [0.1, 0.15) is 0 Å². The zero-order chi connectivity index (χ0) is 0. The smallest absolute Gasteiger partial charge is 2.00 e. The van der Waals surface area contributed by atoms with Crippen molar-refractivity contribution >= 4 is 0 Å². The number of hydrogen-bond acceptors (Lipinski definition) is 1. The van der Waals surface area contributed by atoms with Crippen LogP contribution in [-0.4, -0.2) is 11.0 Å². The van der Waals surface area contributed by atoms with Crippen molar-refractivity contribution in [1.29, 1.82) is 0 Å². The largest absolute Gasteiger partial charge is 2.00 e. The SMILES string of the molecule is O.[O-2].[O-2].[O-2].[OH-].[Pt+2].[V]. The molecule has 0 saturated carbocycles. The fourth-order valence-corrected chi connectivity index (χ4v) is 0. The Morgan fingerprint density at radius 1 is 0.714 bits per heavy atom. The zero-order valence-electron chi connectivity index (χ0n) is 2.94. The van der Waals surface area contributed by atoms with E-state index in [1.165, 1.54) is 0 Å². The molecule has 0 aliphatic heterocycles. The van der Waals surface area contributed by atoms with E-state index >= 15 is 0 Å². The second-order valence-corrected chi connectivity index (χ2v) is 0. The van der Waals surface area contributed by atoms with Gasteiger partial charge >= 0.3 is 21.1 Å². The monoisotopic (exact) mass is 329 g/mol. The molecule has 0 spiro atoms. The van der Waals surface area contributed by atoms with Gasteiger partial charge in [-0.25, -0.2) is 0 Å². The van der Waals surface area contributed by atoms with E-state index in [0.717, 1.165) is 0 Å². The summed E-state index contributed by atoms with van der Waals surface area (Å²) in [5, 5.41) is 0. The molecule has 0 aromatic rings. The minimum atomic E-state index is 0. The van der Waals surface area contributed by atoms with Crippen LogP contribution in [0.25, 0.3) is 0 Å². The molecule has 3 N–H and O–H groups in total. The van der Waals surface area contributed by atoms with Crippen LogP contribution in [0.3, 0.4) is 0 Å². The number of hydrogen-bond donors (Lipinski definition) is 0. The Bertz CT molecular complexity index is 8.04. The van der Waals surface area contributed by atoms with Crippen LogP contribution in [-0.2, 0) is 56.0 Å². The Balaban J connectivity index is 0. The predicted octanol–water partition coefficient (Wildman–Crippen LogP) is -1.36. The molecule has 0 heterocycles. The zero-order valence-corrected chi connectivity index (χ0v) is 6.60. The quantitative estimate of drug-likeness (QED) is 0.530. The maximum Gasteiger partial charge on any atom is 2.00 e. The summed E-state index contributed by atoms with van der Waals surface area (Å²) in [7, 11) is 0. The van der Waals surface area contributed by atoms with Crippen molar-refractivity contribution in [3.05, 3.63) is 0 Å². The molecule has 53 valence electrons. The van der Waals surface area contributed by atoms with Crippen molar-refractivity contribution in [1.82, 2.24) is 0 Å². The van der Waals surface area contributed by atoms with E-state index in [1.54, 1.807) is 0 Å². The molecule has 7 heteroatoms. The van der Waals surface area contributed by atoms with Gasteiger partial charge in [0.15, 0.2) is 0 Å². The minimum absolute atomic E-state index is 0. The first-order chi connectivity index (χ1) is 0. The minimum Gasteiger partial charge on any atom is -2.00 e. The van der Waals surface area contributed by atoms with Crippen LogP contribution in [0.2, 0.25) is 0 Å². The Kier molecular flexibility index (Phi) is 11400. The Hall–Kier alpha value is 1.07. The first-order valence-electron chi connectivity index (χ1n) is 0. The van der Waals surface area contributed by atoms with Gasteiger partial charge in [0.05, 0.1) is 0 Å². The van der Waals surface area contributed by atoms with E-state index < -0.39 is 0 Å². The van der Waals surface area contributed by atoms with Crippen LogP contribution in [0.15, 0.2) is 0 Å². The van der Waals surface area contributed by atoms with E-state index in [9.17, 15) is 0 Å². The average Bonchev–Trinajstić information content (AvgIpc) is 0. The van der Waals surface area contributed by atoms with Gasteiger partial charge in [-0.1, -0.05) is 0 Å². The third-order valence-corrected chi connectivity index (χ3v) is 0. The van der Waals surface area contributed by atoms with Gasteiger partial charge in [0.2, 0.25) is 0 Å². The van der Waals surface area contributed by atoms with Crippen molar-refractivity contribution in [2.24, 2.45) is 0 Å². The van der Waals surface area contributed by atoms with Gasteiger partial charge in [-0.05, 0) is 0 Å². The summed E-state index contributed by atoms with van der Waals surface area (Å²) in [5.74, 6) is 0. The van der Waals surface area contributed by atoms with Gasteiger partial charge in [0.25, 0.3) is 0 Å². The first kappa shape index (κ1) is 351. The molecule has 0 aliphatic rings. The summed E-state index contributed by atoms with van der Waals surface area (Å²) in [6.45, 7) is 0. The molecule has 0 aliphatic carbocycles. The fraction of sp³-hybridized carbons (Fsp3) is 0. The maximum atomic E-state index is 0. The van der Waals surface area contributed by atoms with Gasteiger partial charge in [-0.3, -0.25) is 0 Å². The molecule has 1 radical (unpaired) electrons. The first-order valence-corrected chi connectivity index (χ1v) is 0. The number of rotatable bonds is 0. The topological polar surface area (TPSA) is 147 Å². The maximum absolute atomic E-state index is 0. The molecule has 0 aromatic heterocycles. The molecule has 0 rings (SSSR count). The van der Waals surface area contributed by atoms with Crippen molar-refractivity contribution in [2.45, 2.75) is 0 Å². The van der Waals surface area contributed by atoms with E-state index in [2.05, 4.69) is 0 Å². The van der Waals surface area contributed by atoms with Crippen molar-refractivity contribution in [3.63, 3.8) is 0 Å². The fourth-order valence-electron chi connectivity index (χ4n) is 0. The van der Waals surface area contributed by atoms with E-state index in [1.807, 2.05) is 0 Å². The molecule has 0 atom stereocenters. The van der Waals surface area contributed by atoms with Crippen LogP contribution in [0.5, 0.6) is 0 Å². The summed E-state index contributed by atoms with van der Waals surface area (Å²) in [5.41, 5.74) is 0. The molecule has 0 unspecified atom stereocenters. The van der Waals surface area contributed by atoms with Gasteiger partial charge in [0.1, 0.15) is 0 Å². The summed E-state index contributed by atoms with van der Waals surface area (Å²) in [4.78, 5) is 0. The summed E-state index contributed by atoms with van der Waals surface area (Å²) >= 11 is 0. The molecule has 0 bridgehead atoms. The van der Waals surface area contributed by atoms with E-state index in [-0.39, 0.29) is 67.0 Å². The van der Waals surface area contributed by atoms with Crippen LogP contribution in [0, 0.1) is 0 Å². The van der Waals surface area contributed by atoms with Gasteiger partial charge < -0.3 is 27.4 Å². The van der Waals surface area contributed by atoms with Gasteiger partial charge in [-0.15, -0.1) is 0 Å². The Morgan fingerprint density at radius 2 is 0.714 bits per heavy atom. The third-order valence-electron chi connectivity index (χ3n) is 0. The molecule has 0 saturated heterocycles. The molecular formula is H3O5PtV-5. The second-order valence-electron chi connectivity index (χ2n) is 0. The molecule has 7 heavy (non-hydrogen) atoms. The average molecular weight is 329 g/mol. The molecule has 0 amide bonds. The second kappa shape index (κ2) is 227. The van der Waals surface area contributed by atoms with Crippen LogP contribution >= 0.6 is 0 Å². The molecule has 0 aromatic carbocycles. The van der Waals surface area contributed by atoms with Crippen molar-refractivity contribution in [3.8, 4) is 0 Å². The molecule has 0 fully saturated rings. The summed E-state index contributed by atoms with van der Waals surface area (Å²) in [6, 6.07) is 0. The van der Waals surface area contributed by atoms with Crippen LogP contribution in [0.4, 0.5) is 0 Å². The summed E-state index contributed by atoms with van der Waals surface area (Å²) < 4.78 is 0. The van der Waals surface area contributed by atoms with Gasteiger partial charge in [0, 0.05) is 18.6 Å². The van der Waals surface area contributed by atoms with Crippen molar-refractivity contribution < 1.29 is 67.0 Å². The standard InChI is InChI=1S/2H2O.3O.Pt.V/h2*1H2;;;;;/q;;3*-2;+2;/p-1. The van der Waals surface area contributed by atoms with E-state index in [4.69, 9.17) is 0 Å². The van der Waals surface area contributed by atoms with Crippen molar-refractivity contribution in [2.75, 3.05) is 0 Å². The van der Waals surface area contributed by atoms with Gasteiger partial charge in [-0.2, -0.15) is 0 Å². The third kappa shape index (κ3) is 158. The molecule has 5 nitrogen and oxygen atoms in total. The summed E-state index contributed by atoms with van der Waals surface area (Å²) in [6.07, 6.45) is 0. The Morgan fingerprint density at radius 3 is 0.714 bits per heavy atom. The van der Waals surface area contributed by atoms with Crippen LogP contribution < -0.4 is 0 Å². The predicted molar refractivity (Wildman–Crippen MR) is 7.61 cm³/mol. The van der Waals surface area contributed by atoms with E-state index in [0.29, 0.717) is 0 Å². The normalized spacial score (nSPS) is 0.